The van der Waals surface area contributed by atoms with Crippen LogP contribution in [0.15, 0.2) is 42.7 Å². The number of nitrogens with zero attached hydrogens (tertiary/aromatic N) is 1. The number of rotatable bonds is 4. The maximum Gasteiger partial charge on any atom is 0.0621 e. The lowest BCUT2D eigenvalue weighted by atomic mass is 10.00. The summed E-state index contributed by atoms with van der Waals surface area (Å²) in [7, 11) is 0. The lowest BCUT2D eigenvalue weighted by molar-refractivity contribution is 0.664. The second-order valence-electron chi connectivity index (χ2n) is 4.62. The Labute approximate surface area is 113 Å². The first kappa shape index (κ1) is 13.1. The summed E-state index contributed by atoms with van der Waals surface area (Å²) >= 11 is 6.07. The first-order valence-corrected chi connectivity index (χ1v) is 6.42. The molecule has 0 bridgehead atoms. The maximum atomic E-state index is 6.17. The van der Waals surface area contributed by atoms with Gasteiger partial charge in [-0.2, -0.15) is 0 Å². The highest BCUT2D eigenvalue weighted by Gasteiger charge is 2.08. The summed E-state index contributed by atoms with van der Waals surface area (Å²) in [6.07, 6.45) is 5.05. The van der Waals surface area contributed by atoms with Crippen LogP contribution in [-0.2, 0) is 12.8 Å². The molecule has 0 fully saturated rings. The minimum atomic E-state index is 0.0765. The SMILES string of the molecule is Cc1ccc(CC(N)Cc2ccncc2Cl)cc1. The minimum absolute atomic E-state index is 0.0765. The van der Waals surface area contributed by atoms with Crippen LogP contribution in [0, 0.1) is 6.92 Å². The summed E-state index contributed by atoms with van der Waals surface area (Å²) in [6, 6.07) is 10.5. The van der Waals surface area contributed by atoms with E-state index in [1.807, 2.05) is 6.07 Å². The van der Waals surface area contributed by atoms with Gasteiger partial charge in [0.25, 0.3) is 0 Å². The number of pyridine rings is 1. The van der Waals surface area contributed by atoms with Gasteiger partial charge in [-0.1, -0.05) is 41.4 Å². The smallest absolute Gasteiger partial charge is 0.0621 e. The van der Waals surface area contributed by atoms with E-state index >= 15 is 0 Å². The molecule has 18 heavy (non-hydrogen) atoms. The molecule has 0 aliphatic carbocycles. The fourth-order valence-corrected chi connectivity index (χ4v) is 2.15. The van der Waals surface area contributed by atoms with Gasteiger partial charge < -0.3 is 5.73 Å². The Morgan fingerprint density at radius 3 is 2.56 bits per heavy atom. The summed E-state index contributed by atoms with van der Waals surface area (Å²) in [5.74, 6) is 0. The Bertz CT molecular complexity index is 508. The van der Waals surface area contributed by atoms with E-state index in [0.717, 1.165) is 18.4 Å². The third-order valence-corrected chi connectivity index (χ3v) is 3.30. The van der Waals surface area contributed by atoms with Crippen LogP contribution in [0.1, 0.15) is 16.7 Å². The van der Waals surface area contributed by atoms with Crippen molar-refractivity contribution in [3.63, 3.8) is 0 Å². The zero-order valence-electron chi connectivity index (χ0n) is 10.4. The molecule has 0 amide bonds. The van der Waals surface area contributed by atoms with Crippen molar-refractivity contribution in [2.75, 3.05) is 0 Å². The standard InChI is InChI=1S/C15H17ClN2/c1-11-2-4-12(5-3-11)8-14(17)9-13-6-7-18-10-15(13)16/h2-7,10,14H,8-9,17H2,1H3. The third-order valence-electron chi connectivity index (χ3n) is 2.96. The number of aryl methyl sites for hydroxylation is 1. The largest absolute Gasteiger partial charge is 0.327 e. The van der Waals surface area contributed by atoms with Crippen molar-refractivity contribution in [3.8, 4) is 0 Å². The van der Waals surface area contributed by atoms with Gasteiger partial charge in [0, 0.05) is 18.4 Å². The number of aromatic nitrogens is 1. The van der Waals surface area contributed by atoms with Crippen molar-refractivity contribution < 1.29 is 0 Å². The molecule has 0 saturated heterocycles. The van der Waals surface area contributed by atoms with Crippen LogP contribution in [0.4, 0.5) is 0 Å². The van der Waals surface area contributed by atoms with Gasteiger partial charge in [0.2, 0.25) is 0 Å². The van der Waals surface area contributed by atoms with Crippen molar-refractivity contribution in [2.24, 2.45) is 5.73 Å². The van der Waals surface area contributed by atoms with Crippen LogP contribution in [0.3, 0.4) is 0 Å². The average Bonchev–Trinajstić information content (AvgIpc) is 2.35. The summed E-state index contributed by atoms with van der Waals surface area (Å²) in [5, 5.41) is 0.692. The molecular weight excluding hydrogens is 244 g/mol. The number of halogens is 1. The fraction of sp³-hybridized carbons (Fsp3) is 0.267. The van der Waals surface area contributed by atoms with Gasteiger partial charge in [0.1, 0.15) is 0 Å². The lowest BCUT2D eigenvalue weighted by Gasteiger charge is -2.12. The van der Waals surface area contributed by atoms with Crippen LogP contribution >= 0.6 is 11.6 Å². The first-order valence-electron chi connectivity index (χ1n) is 6.04. The fourth-order valence-electron chi connectivity index (χ4n) is 1.95. The predicted molar refractivity (Wildman–Crippen MR) is 75.8 cm³/mol. The Morgan fingerprint density at radius 1 is 1.17 bits per heavy atom. The monoisotopic (exact) mass is 260 g/mol. The maximum absolute atomic E-state index is 6.17. The van der Waals surface area contributed by atoms with E-state index in [9.17, 15) is 0 Å². The molecule has 94 valence electrons. The van der Waals surface area contributed by atoms with Crippen molar-refractivity contribution >= 4 is 11.6 Å². The Hall–Kier alpha value is -1.38. The molecule has 1 heterocycles. The lowest BCUT2D eigenvalue weighted by Crippen LogP contribution is -2.25. The van der Waals surface area contributed by atoms with Crippen LogP contribution in [0.2, 0.25) is 5.02 Å². The Kier molecular flexibility index (Phi) is 4.34. The van der Waals surface area contributed by atoms with E-state index in [-0.39, 0.29) is 6.04 Å². The molecule has 0 saturated carbocycles. The quantitative estimate of drug-likeness (QED) is 0.917. The molecule has 0 aliphatic heterocycles. The highest BCUT2D eigenvalue weighted by atomic mass is 35.5. The number of benzene rings is 1. The molecular formula is C15H17ClN2. The van der Waals surface area contributed by atoms with E-state index in [4.69, 9.17) is 17.3 Å². The van der Waals surface area contributed by atoms with Crippen LogP contribution in [0.5, 0.6) is 0 Å². The Balaban J connectivity index is 1.99. The molecule has 1 aromatic heterocycles. The topological polar surface area (TPSA) is 38.9 Å². The molecule has 3 heteroatoms. The van der Waals surface area contributed by atoms with Crippen LogP contribution in [0.25, 0.3) is 0 Å². The molecule has 1 atom stereocenters. The number of nitrogens with two attached hydrogens (primary N) is 1. The molecule has 2 nitrogen and oxygen atoms in total. The van der Waals surface area contributed by atoms with Crippen molar-refractivity contribution in [2.45, 2.75) is 25.8 Å². The van der Waals surface area contributed by atoms with Crippen LogP contribution in [-0.4, -0.2) is 11.0 Å². The second-order valence-corrected chi connectivity index (χ2v) is 5.03. The van der Waals surface area contributed by atoms with E-state index in [1.54, 1.807) is 12.4 Å². The predicted octanol–water partition coefficient (Wildman–Crippen LogP) is 3.16. The van der Waals surface area contributed by atoms with Crippen molar-refractivity contribution in [3.05, 3.63) is 64.4 Å². The molecule has 0 spiro atoms. The van der Waals surface area contributed by atoms with Gasteiger partial charge in [0.05, 0.1) is 5.02 Å². The van der Waals surface area contributed by atoms with Crippen LogP contribution < -0.4 is 5.73 Å². The zero-order valence-corrected chi connectivity index (χ0v) is 11.2. The van der Waals surface area contributed by atoms with Crippen molar-refractivity contribution in [1.82, 2.24) is 4.98 Å². The minimum Gasteiger partial charge on any atom is -0.327 e. The molecule has 0 radical (unpaired) electrons. The van der Waals surface area contributed by atoms with E-state index in [1.165, 1.54) is 11.1 Å². The normalized spacial score (nSPS) is 12.4. The highest BCUT2D eigenvalue weighted by Crippen LogP contribution is 2.16. The van der Waals surface area contributed by atoms with Crippen molar-refractivity contribution in [1.29, 1.82) is 0 Å². The average molecular weight is 261 g/mol. The summed E-state index contributed by atoms with van der Waals surface area (Å²) < 4.78 is 0. The molecule has 2 aromatic rings. The molecule has 2 N–H and O–H groups in total. The van der Waals surface area contributed by atoms with E-state index in [0.29, 0.717) is 5.02 Å². The Morgan fingerprint density at radius 2 is 1.89 bits per heavy atom. The summed E-state index contributed by atoms with van der Waals surface area (Å²) in [6.45, 7) is 2.08. The third kappa shape index (κ3) is 3.56. The van der Waals surface area contributed by atoms with Gasteiger partial charge >= 0.3 is 0 Å². The zero-order chi connectivity index (χ0) is 13.0. The molecule has 1 unspecified atom stereocenters. The van der Waals surface area contributed by atoms with Gasteiger partial charge in [-0.3, -0.25) is 4.98 Å². The number of hydrogen-bond donors (Lipinski definition) is 1. The highest BCUT2D eigenvalue weighted by molar-refractivity contribution is 6.31. The van der Waals surface area contributed by atoms with E-state index < -0.39 is 0 Å². The van der Waals surface area contributed by atoms with Gasteiger partial charge in [-0.25, -0.2) is 0 Å². The molecule has 0 aliphatic rings. The first-order chi connectivity index (χ1) is 8.65. The second kappa shape index (κ2) is 5.98. The summed E-state index contributed by atoms with van der Waals surface area (Å²) in [5.41, 5.74) is 9.76. The summed E-state index contributed by atoms with van der Waals surface area (Å²) in [4.78, 5) is 3.97. The van der Waals surface area contributed by atoms with E-state index in [2.05, 4.69) is 36.2 Å². The number of hydrogen-bond acceptors (Lipinski definition) is 2. The molecule has 1 aromatic carbocycles. The van der Waals surface area contributed by atoms with Gasteiger partial charge in [-0.05, 0) is 37.0 Å². The van der Waals surface area contributed by atoms with Gasteiger partial charge in [0.15, 0.2) is 0 Å². The van der Waals surface area contributed by atoms with Gasteiger partial charge in [-0.15, -0.1) is 0 Å². The molecule has 2 rings (SSSR count).